The Hall–Kier alpha value is -2.06. The molecule has 0 radical (unpaired) electrons. The molecule has 0 spiro atoms. The maximum absolute atomic E-state index is 14.9. The second-order valence-electron chi connectivity index (χ2n) is 20.0. The highest BCUT2D eigenvalue weighted by Gasteiger charge is 2.70. The number of ketones is 1. The molecule has 278 valence electrons. The fraction of sp³-hybridized carbons (Fsp3) is 0.767. The molecule has 6 rings (SSSR count). The summed E-state index contributed by atoms with van der Waals surface area (Å²) in [5, 5.41) is 35.6. The number of hydrogen-bond acceptors (Lipinski definition) is 6. The van der Waals surface area contributed by atoms with Gasteiger partial charge in [0.05, 0.1) is 12.0 Å². The largest absolute Gasteiger partial charge is 0.481 e. The normalized spacial score (nSPS) is 42.2. The van der Waals surface area contributed by atoms with Crippen LogP contribution in [0.3, 0.4) is 0 Å². The molecule has 50 heavy (non-hydrogen) atoms. The zero-order valence-corrected chi connectivity index (χ0v) is 32.3. The topological polar surface area (TPSA) is 116 Å². The SMILES string of the molecule is CC(C)(CC(O)N[C@H]1CCC2(C)C(CCC3(C)[C@@H]2C(=O)C=C2C4C[C@@](C)(C(O)OCc5ccccc5)CC[C@]4(C)CC[C@]23C)C1(C)C)C(=O)O. The number of ether oxygens (including phenoxy) is 1. The molecule has 5 aliphatic carbocycles. The van der Waals surface area contributed by atoms with Gasteiger partial charge in [0.1, 0.15) is 6.23 Å². The molecule has 4 fully saturated rings. The maximum Gasteiger partial charge on any atom is 0.309 e. The molecular weight excluding hydrogens is 626 g/mol. The van der Waals surface area contributed by atoms with E-state index in [-0.39, 0.29) is 63.1 Å². The third-order valence-corrected chi connectivity index (χ3v) is 16.2. The van der Waals surface area contributed by atoms with Gasteiger partial charge in [-0.3, -0.25) is 14.9 Å². The summed E-state index contributed by atoms with van der Waals surface area (Å²) in [5.41, 5.74) is 0.366. The summed E-state index contributed by atoms with van der Waals surface area (Å²) in [5.74, 6) is -0.210. The van der Waals surface area contributed by atoms with Gasteiger partial charge < -0.3 is 20.1 Å². The first-order valence-electron chi connectivity index (χ1n) is 19.4. The maximum atomic E-state index is 14.9. The van der Waals surface area contributed by atoms with Crippen LogP contribution in [0, 0.1) is 55.7 Å². The lowest BCUT2D eigenvalue weighted by Crippen LogP contribution is -2.68. The molecule has 1 aromatic carbocycles. The van der Waals surface area contributed by atoms with E-state index >= 15 is 0 Å². The van der Waals surface area contributed by atoms with E-state index in [2.05, 4.69) is 59.9 Å². The molecule has 0 bridgehead atoms. The van der Waals surface area contributed by atoms with Crippen LogP contribution in [0.4, 0.5) is 0 Å². The highest BCUT2D eigenvalue weighted by atomic mass is 16.6. The summed E-state index contributed by atoms with van der Waals surface area (Å²) < 4.78 is 6.15. The third kappa shape index (κ3) is 5.85. The van der Waals surface area contributed by atoms with Crippen LogP contribution in [-0.4, -0.2) is 45.6 Å². The minimum absolute atomic E-state index is 0.0238. The number of carboxylic acid groups (broad SMARTS) is 1. The number of benzene rings is 1. The van der Waals surface area contributed by atoms with Gasteiger partial charge in [0.2, 0.25) is 0 Å². The van der Waals surface area contributed by atoms with Crippen molar-refractivity contribution < 1.29 is 29.6 Å². The molecular formula is C43H65NO6. The van der Waals surface area contributed by atoms with Gasteiger partial charge >= 0.3 is 5.97 Å². The first-order valence-corrected chi connectivity index (χ1v) is 19.4. The fourth-order valence-electron chi connectivity index (χ4n) is 12.5. The van der Waals surface area contributed by atoms with E-state index in [1.807, 2.05) is 30.3 Å². The van der Waals surface area contributed by atoms with E-state index in [0.717, 1.165) is 63.4 Å². The van der Waals surface area contributed by atoms with Gasteiger partial charge in [0.15, 0.2) is 12.1 Å². The number of carbonyl (C=O) groups is 2. The Morgan fingerprint density at radius 3 is 2.26 bits per heavy atom. The Morgan fingerprint density at radius 2 is 1.60 bits per heavy atom. The smallest absolute Gasteiger partial charge is 0.309 e. The third-order valence-electron chi connectivity index (χ3n) is 16.2. The van der Waals surface area contributed by atoms with Gasteiger partial charge in [-0.05, 0) is 122 Å². The molecule has 7 heteroatoms. The Labute approximate surface area is 301 Å². The number of carboxylic acids is 1. The fourth-order valence-corrected chi connectivity index (χ4v) is 12.5. The summed E-state index contributed by atoms with van der Waals surface area (Å²) in [6, 6.07) is 10.1. The molecule has 5 aliphatic rings. The van der Waals surface area contributed by atoms with Gasteiger partial charge in [-0.15, -0.1) is 0 Å². The number of aliphatic carboxylic acids is 1. The van der Waals surface area contributed by atoms with Crippen molar-refractivity contribution in [2.24, 2.45) is 55.7 Å². The van der Waals surface area contributed by atoms with Crippen LogP contribution in [0.2, 0.25) is 0 Å². The quantitative estimate of drug-likeness (QED) is 0.193. The lowest BCUT2D eigenvalue weighted by atomic mass is 9.33. The number of aliphatic hydroxyl groups excluding tert-OH is 2. The highest BCUT2D eigenvalue weighted by molar-refractivity contribution is 5.95. The van der Waals surface area contributed by atoms with E-state index in [1.165, 1.54) is 5.57 Å². The first kappa shape index (κ1) is 37.7. The van der Waals surface area contributed by atoms with E-state index in [1.54, 1.807) is 13.8 Å². The molecule has 0 saturated heterocycles. The Morgan fingerprint density at radius 1 is 0.940 bits per heavy atom. The number of carbonyl (C=O) groups excluding carboxylic acids is 1. The Bertz CT molecular complexity index is 1500. The van der Waals surface area contributed by atoms with E-state index < -0.39 is 29.3 Å². The number of fused-ring (bicyclic) bond motifs is 7. The van der Waals surface area contributed by atoms with Crippen molar-refractivity contribution in [3.05, 3.63) is 47.5 Å². The summed E-state index contributed by atoms with van der Waals surface area (Å²) in [4.78, 5) is 26.6. The zero-order chi connectivity index (χ0) is 36.7. The van der Waals surface area contributed by atoms with Crippen molar-refractivity contribution in [1.82, 2.24) is 5.32 Å². The first-order chi connectivity index (χ1) is 23.1. The summed E-state index contributed by atoms with van der Waals surface area (Å²) in [7, 11) is 0. The lowest BCUT2D eigenvalue weighted by Gasteiger charge is -2.71. The Balaban J connectivity index is 1.26. The lowest BCUT2D eigenvalue weighted by molar-refractivity contribution is -0.210. The standard InChI is InChI=1S/C43H65NO6/c1-37(2,35(47)48)25-33(46)44-32-16-17-41(7)31(38(32,3)4)15-18-43(9)34(41)30(45)23-28-29-24-40(6,20-19-39(29,5)21-22-42(28,43)8)36(49)50-26-27-13-11-10-12-14-27/h10-14,23,29,31-34,36,44,46,49H,15-22,24-26H2,1-9H3,(H,47,48)/t29?,31?,32-,33?,34+,36?,39+,40-,41?,42+,43?/m0/s1. The zero-order valence-electron chi connectivity index (χ0n) is 32.3. The molecule has 6 unspecified atom stereocenters. The van der Waals surface area contributed by atoms with Crippen molar-refractivity contribution in [2.75, 3.05) is 0 Å². The van der Waals surface area contributed by atoms with Gasteiger partial charge in [-0.25, -0.2) is 0 Å². The van der Waals surface area contributed by atoms with E-state index in [4.69, 9.17) is 4.74 Å². The predicted molar refractivity (Wildman–Crippen MR) is 196 cm³/mol. The molecule has 0 amide bonds. The monoisotopic (exact) mass is 691 g/mol. The minimum Gasteiger partial charge on any atom is -0.481 e. The van der Waals surface area contributed by atoms with Gasteiger partial charge in [-0.2, -0.15) is 0 Å². The number of rotatable bonds is 9. The molecule has 0 aromatic heterocycles. The molecule has 7 nitrogen and oxygen atoms in total. The van der Waals surface area contributed by atoms with Crippen molar-refractivity contribution in [1.29, 1.82) is 0 Å². The predicted octanol–water partition coefficient (Wildman–Crippen LogP) is 8.28. The van der Waals surface area contributed by atoms with Crippen molar-refractivity contribution >= 4 is 11.8 Å². The van der Waals surface area contributed by atoms with E-state index in [0.29, 0.717) is 6.61 Å². The van der Waals surface area contributed by atoms with Crippen LogP contribution in [0.5, 0.6) is 0 Å². The van der Waals surface area contributed by atoms with Gasteiger partial charge in [0, 0.05) is 23.8 Å². The summed E-state index contributed by atoms with van der Waals surface area (Å²) in [6.45, 7) is 20.2. The Kier molecular flexibility index (Phi) is 9.44. The van der Waals surface area contributed by atoms with Crippen molar-refractivity contribution in [2.45, 2.75) is 152 Å². The number of aliphatic hydroxyl groups is 2. The van der Waals surface area contributed by atoms with Crippen LogP contribution >= 0.6 is 0 Å². The van der Waals surface area contributed by atoms with Gasteiger partial charge in [0.25, 0.3) is 0 Å². The van der Waals surface area contributed by atoms with Crippen LogP contribution in [0.15, 0.2) is 42.0 Å². The number of hydrogen-bond donors (Lipinski definition) is 4. The number of allylic oxidation sites excluding steroid dienone is 2. The molecule has 11 atom stereocenters. The van der Waals surface area contributed by atoms with Crippen molar-refractivity contribution in [3.63, 3.8) is 0 Å². The number of nitrogens with one attached hydrogen (secondary N) is 1. The minimum atomic E-state index is -1.03. The molecule has 1 aromatic rings. The molecule has 4 saturated carbocycles. The van der Waals surface area contributed by atoms with E-state index in [9.17, 15) is 24.9 Å². The van der Waals surface area contributed by atoms with Crippen LogP contribution in [0.1, 0.15) is 132 Å². The second kappa shape index (κ2) is 12.5. The van der Waals surface area contributed by atoms with Crippen LogP contribution in [0.25, 0.3) is 0 Å². The average molecular weight is 692 g/mol. The molecule has 4 N–H and O–H groups in total. The average Bonchev–Trinajstić information content (AvgIpc) is 3.03. The van der Waals surface area contributed by atoms with Crippen molar-refractivity contribution in [3.8, 4) is 0 Å². The highest BCUT2D eigenvalue weighted by Crippen LogP contribution is 2.75. The molecule has 0 aliphatic heterocycles. The van der Waals surface area contributed by atoms with Crippen LogP contribution < -0.4 is 5.32 Å². The van der Waals surface area contributed by atoms with Crippen LogP contribution in [-0.2, 0) is 20.9 Å². The molecule has 0 heterocycles. The summed E-state index contributed by atoms with van der Waals surface area (Å²) in [6.07, 6.45) is 9.10. The van der Waals surface area contributed by atoms with Gasteiger partial charge in [-0.1, -0.05) is 84.4 Å². The second-order valence-corrected chi connectivity index (χ2v) is 20.0. The summed E-state index contributed by atoms with van der Waals surface area (Å²) >= 11 is 0.